The summed E-state index contributed by atoms with van der Waals surface area (Å²) in [7, 11) is -3.67. The van der Waals surface area contributed by atoms with E-state index in [0.717, 1.165) is 0 Å². The smallest absolute Gasteiger partial charge is 0.239 e. The lowest BCUT2D eigenvalue weighted by Crippen LogP contribution is -2.34. The number of primary sulfonamides is 1. The summed E-state index contributed by atoms with van der Waals surface area (Å²) in [4.78, 5) is 11.4. The molecule has 0 saturated heterocycles. The van der Waals surface area contributed by atoms with Gasteiger partial charge in [0.1, 0.15) is 0 Å². The van der Waals surface area contributed by atoms with Crippen LogP contribution >= 0.6 is 0 Å². The summed E-state index contributed by atoms with van der Waals surface area (Å²) in [5.41, 5.74) is 0.654. The number of carbonyl (C=O) groups is 1. The summed E-state index contributed by atoms with van der Waals surface area (Å²) >= 11 is 0. The quantitative estimate of drug-likeness (QED) is 0.715. The molecule has 1 rings (SSSR count). The van der Waals surface area contributed by atoms with Crippen molar-refractivity contribution in [1.82, 2.24) is 5.32 Å². The van der Waals surface area contributed by atoms with Gasteiger partial charge in [0.05, 0.1) is 11.4 Å². The van der Waals surface area contributed by atoms with Gasteiger partial charge in [-0.1, -0.05) is 0 Å². The van der Waals surface area contributed by atoms with Gasteiger partial charge in [0, 0.05) is 11.7 Å². The van der Waals surface area contributed by atoms with Gasteiger partial charge in [-0.05, 0) is 38.1 Å². The molecule has 7 heteroatoms. The van der Waals surface area contributed by atoms with Crippen LogP contribution in [0, 0.1) is 0 Å². The lowest BCUT2D eigenvalue weighted by Gasteiger charge is -2.10. The third-order valence-corrected chi connectivity index (χ3v) is 3.01. The highest BCUT2D eigenvalue weighted by Gasteiger charge is 2.07. The van der Waals surface area contributed by atoms with Crippen LogP contribution in [0.4, 0.5) is 5.69 Å². The van der Waals surface area contributed by atoms with E-state index in [4.69, 9.17) is 5.14 Å². The average molecular weight is 271 g/mol. The maximum atomic E-state index is 11.4. The van der Waals surface area contributed by atoms with E-state index in [9.17, 15) is 13.2 Å². The second kappa shape index (κ2) is 5.83. The SMILES string of the molecule is CC(C)NC(=O)CNc1ccc(S(N)(=O)=O)cc1. The van der Waals surface area contributed by atoms with Crippen molar-refractivity contribution in [2.45, 2.75) is 24.8 Å². The lowest BCUT2D eigenvalue weighted by molar-refractivity contribution is -0.119. The van der Waals surface area contributed by atoms with Crippen molar-refractivity contribution in [2.24, 2.45) is 5.14 Å². The van der Waals surface area contributed by atoms with Gasteiger partial charge >= 0.3 is 0 Å². The minimum absolute atomic E-state index is 0.0414. The van der Waals surface area contributed by atoms with Crippen molar-refractivity contribution >= 4 is 21.6 Å². The third kappa shape index (κ3) is 4.72. The minimum atomic E-state index is -3.67. The zero-order valence-corrected chi connectivity index (χ0v) is 11.1. The van der Waals surface area contributed by atoms with Crippen LogP contribution in [-0.4, -0.2) is 26.9 Å². The first-order valence-corrected chi connectivity index (χ1v) is 7.00. The van der Waals surface area contributed by atoms with E-state index < -0.39 is 10.0 Å². The van der Waals surface area contributed by atoms with Gasteiger partial charge in [-0.15, -0.1) is 0 Å². The highest BCUT2D eigenvalue weighted by Crippen LogP contribution is 2.12. The van der Waals surface area contributed by atoms with E-state index in [2.05, 4.69) is 10.6 Å². The Bertz CT molecular complexity index is 509. The van der Waals surface area contributed by atoms with Crippen molar-refractivity contribution in [3.05, 3.63) is 24.3 Å². The standard InChI is InChI=1S/C11H17N3O3S/c1-8(2)14-11(15)7-13-9-3-5-10(6-4-9)18(12,16)17/h3-6,8,13H,7H2,1-2H3,(H,14,15)(H2,12,16,17). The topological polar surface area (TPSA) is 101 Å². The van der Waals surface area contributed by atoms with Crippen molar-refractivity contribution < 1.29 is 13.2 Å². The second-order valence-electron chi connectivity index (χ2n) is 4.15. The van der Waals surface area contributed by atoms with Crippen LogP contribution in [0.1, 0.15) is 13.8 Å². The van der Waals surface area contributed by atoms with Crippen LogP contribution in [0.2, 0.25) is 0 Å². The van der Waals surface area contributed by atoms with Crippen LogP contribution in [0.5, 0.6) is 0 Å². The van der Waals surface area contributed by atoms with E-state index >= 15 is 0 Å². The molecule has 100 valence electrons. The molecule has 1 aromatic carbocycles. The second-order valence-corrected chi connectivity index (χ2v) is 5.71. The lowest BCUT2D eigenvalue weighted by atomic mass is 10.3. The molecule has 4 N–H and O–H groups in total. The molecule has 1 amide bonds. The highest BCUT2D eigenvalue weighted by atomic mass is 32.2. The largest absolute Gasteiger partial charge is 0.376 e. The average Bonchev–Trinajstić information content (AvgIpc) is 2.25. The molecule has 18 heavy (non-hydrogen) atoms. The molecule has 0 fully saturated rings. The summed E-state index contributed by atoms with van der Waals surface area (Å²) in [6.45, 7) is 3.88. The Balaban J connectivity index is 2.57. The molecule has 0 aromatic heterocycles. The fourth-order valence-electron chi connectivity index (χ4n) is 1.32. The van der Waals surface area contributed by atoms with E-state index in [0.29, 0.717) is 5.69 Å². The monoisotopic (exact) mass is 271 g/mol. The van der Waals surface area contributed by atoms with Crippen molar-refractivity contribution in [2.75, 3.05) is 11.9 Å². The predicted molar refractivity (Wildman–Crippen MR) is 69.6 cm³/mol. The van der Waals surface area contributed by atoms with Crippen LogP contribution in [0.3, 0.4) is 0 Å². The molecule has 0 saturated carbocycles. The molecule has 0 radical (unpaired) electrons. The number of benzene rings is 1. The number of sulfonamides is 1. The number of nitrogens with one attached hydrogen (secondary N) is 2. The normalized spacial score (nSPS) is 11.3. The third-order valence-electron chi connectivity index (χ3n) is 2.09. The first-order valence-electron chi connectivity index (χ1n) is 5.45. The highest BCUT2D eigenvalue weighted by molar-refractivity contribution is 7.89. The number of hydrogen-bond acceptors (Lipinski definition) is 4. The summed E-state index contributed by atoms with van der Waals surface area (Å²) < 4.78 is 22.0. The molecule has 0 aliphatic heterocycles. The summed E-state index contributed by atoms with van der Waals surface area (Å²) in [6, 6.07) is 5.98. The summed E-state index contributed by atoms with van der Waals surface area (Å²) in [5.74, 6) is -0.125. The molecule has 0 heterocycles. The van der Waals surface area contributed by atoms with Gasteiger partial charge in [-0.25, -0.2) is 13.6 Å². The molecular weight excluding hydrogens is 254 g/mol. The molecule has 0 spiro atoms. The zero-order chi connectivity index (χ0) is 13.8. The maximum Gasteiger partial charge on any atom is 0.239 e. The van der Waals surface area contributed by atoms with Gasteiger partial charge in [0.2, 0.25) is 15.9 Å². The molecule has 0 unspecified atom stereocenters. The van der Waals surface area contributed by atoms with E-state index in [1.54, 1.807) is 12.1 Å². The number of anilines is 1. The van der Waals surface area contributed by atoms with Crippen molar-refractivity contribution in [3.8, 4) is 0 Å². The maximum absolute atomic E-state index is 11.4. The Kier molecular flexibility index (Phi) is 4.69. The predicted octanol–water partition coefficient (Wildman–Crippen LogP) is 0.271. The fourth-order valence-corrected chi connectivity index (χ4v) is 1.83. The summed E-state index contributed by atoms with van der Waals surface area (Å²) in [6.07, 6.45) is 0. The van der Waals surface area contributed by atoms with Gasteiger partial charge < -0.3 is 10.6 Å². The van der Waals surface area contributed by atoms with Crippen molar-refractivity contribution in [1.29, 1.82) is 0 Å². The number of carbonyl (C=O) groups excluding carboxylic acids is 1. The summed E-state index contributed by atoms with van der Waals surface area (Å²) in [5, 5.41) is 10.6. The van der Waals surface area contributed by atoms with Crippen LogP contribution in [0.25, 0.3) is 0 Å². The zero-order valence-electron chi connectivity index (χ0n) is 10.3. The van der Waals surface area contributed by atoms with E-state index in [-0.39, 0.29) is 23.4 Å². The van der Waals surface area contributed by atoms with Crippen LogP contribution in [0.15, 0.2) is 29.2 Å². The Hall–Kier alpha value is -1.60. The molecule has 6 nitrogen and oxygen atoms in total. The molecule has 0 aliphatic carbocycles. The number of rotatable bonds is 5. The Morgan fingerprint density at radius 1 is 1.28 bits per heavy atom. The fraction of sp³-hybridized carbons (Fsp3) is 0.364. The molecule has 0 atom stereocenters. The minimum Gasteiger partial charge on any atom is -0.376 e. The van der Waals surface area contributed by atoms with Gasteiger partial charge in [-0.3, -0.25) is 4.79 Å². The van der Waals surface area contributed by atoms with Gasteiger partial charge in [0.25, 0.3) is 0 Å². The molecule has 1 aromatic rings. The van der Waals surface area contributed by atoms with E-state index in [1.165, 1.54) is 12.1 Å². The Morgan fingerprint density at radius 3 is 2.28 bits per heavy atom. The number of nitrogens with two attached hydrogens (primary N) is 1. The molecule has 0 bridgehead atoms. The first kappa shape index (κ1) is 14.5. The number of amides is 1. The number of hydrogen-bond donors (Lipinski definition) is 3. The molecular formula is C11H17N3O3S. The van der Waals surface area contributed by atoms with Gasteiger partial charge in [0.15, 0.2) is 0 Å². The Labute approximate surface area is 107 Å². The van der Waals surface area contributed by atoms with Crippen LogP contribution < -0.4 is 15.8 Å². The molecule has 0 aliphatic rings. The Morgan fingerprint density at radius 2 is 1.83 bits per heavy atom. The first-order chi connectivity index (χ1) is 8.29. The van der Waals surface area contributed by atoms with Crippen molar-refractivity contribution in [3.63, 3.8) is 0 Å². The van der Waals surface area contributed by atoms with E-state index in [1.807, 2.05) is 13.8 Å². The van der Waals surface area contributed by atoms with Crippen LogP contribution in [-0.2, 0) is 14.8 Å². The van der Waals surface area contributed by atoms with Gasteiger partial charge in [-0.2, -0.15) is 0 Å².